The van der Waals surface area contributed by atoms with Gasteiger partial charge in [0.15, 0.2) is 24.5 Å². The Morgan fingerprint density at radius 3 is 1.37 bits per heavy atom. The van der Waals surface area contributed by atoms with E-state index in [-0.39, 0.29) is 36.8 Å². The molecule has 0 atom stereocenters. The first-order chi connectivity index (χ1) is 25.1. The molecule has 0 aliphatic rings. The number of nitrogens with zero attached hydrogens (tertiary/aromatic N) is 6. The van der Waals surface area contributed by atoms with Crippen molar-refractivity contribution in [3.8, 4) is 0 Å². The summed E-state index contributed by atoms with van der Waals surface area (Å²) >= 11 is 3.28. The molecule has 284 valence electrons. The Balaban J connectivity index is 0.000000280. The van der Waals surface area contributed by atoms with Gasteiger partial charge in [0.2, 0.25) is 11.0 Å². The molecule has 0 saturated heterocycles. The predicted octanol–water partition coefficient (Wildman–Crippen LogP) is 2.37. The van der Waals surface area contributed by atoms with Crippen LogP contribution in [-0.2, 0) is 35.4 Å². The highest BCUT2D eigenvalue weighted by Crippen LogP contribution is 2.16. The first-order valence-corrected chi connectivity index (χ1v) is 18.4. The Morgan fingerprint density at radius 2 is 1.02 bits per heavy atom. The number of aromatic nitrogens is 6. The fourth-order valence-electron chi connectivity index (χ4n) is 5.12. The third kappa shape index (κ3) is 12.0. The average Bonchev–Trinajstić information content (AvgIpc) is 3.67. The number of esters is 2. The van der Waals surface area contributed by atoms with Crippen molar-refractivity contribution in [2.75, 3.05) is 24.7 Å². The number of aryl methyl sites for hydroxylation is 2. The molecule has 0 spiro atoms. The maximum atomic E-state index is 12.0. The number of nitrogens with two attached hydrogens (primary N) is 2. The van der Waals surface area contributed by atoms with E-state index in [1.54, 1.807) is 59.3 Å². The Hall–Kier alpha value is -5.02. The Morgan fingerprint density at radius 1 is 0.648 bits per heavy atom. The minimum Gasteiger partial charge on any atom is -1.00 e. The van der Waals surface area contributed by atoms with Crippen LogP contribution in [0, 0.1) is 27.7 Å². The SMILES string of the molecule is Cc1ncc(C[n+]2csc(CCOC(=O)c3ccccc3)c2C)c(N)n1.Cc1ncc(C[n+]2csc(CCOC(=O)c3ccccc3)c2C)c(N)n1.Cl.[Cl-]. The number of ether oxygens (including phenoxy) is 2. The quantitative estimate of drug-likeness (QED) is 0.139. The molecule has 4 aromatic heterocycles. The van der Waals surface area contributed by atoms with E-state index in [0.29, 0.717) is 73.6 Å². The molecule has 54 heavy (non-hydrogen) atoms. The molecular formula is C38H43Cl2N8O4S2+. The molecule has 0 aliphatic heterocycles. The molecule has 0 aliphatic carbocycles. The van der Waals surface area contributed by atoms with Crippen LogP contribution >= 0.6 is 35.1 Å². The first kappa shape index (κ1) is 43.4. The zero-order chi connectivity index (χ0) is 37.0. The lowest BCUT2D eigenvalue weighted by molar-refractivity contribution is -0.689. The summed E-state index contributed by atoms with van der Waals surface area (Å²) in [5.41, 5.74) is 21.2. The summed E-state index contributed by atoms with van der Waals surface area (Å²) in [5, 5.41) is 0. The molecule has 4 heterocycles. The largest absolute Gasteiger partial charge is 1.00 e. The number of halogens is 2. The summed E-state index contributed by atoms with van der Waals surface area (Å²) < 4.78 is 15.0. The summed E-state index contributed by atoms with van der Waals surface area (Å²) in [4.78, 5) is 43.1. The lowest BCUT2D eigenvalue weighted by atomic mass is 10.2. The molecule has 0 fully saturated rings. The van der Waals surface area contributed by atoms with Gasteiger partial charge >= 0.3 is 11.9 Å². The Kier molecular flexibility index (Phi) is 16.9. The van der Waals surface area contributed by atoms with Crippen molar-refractivity contribution in [1.82, 2.24) is 19.9 Å². The van der Waals surface area contributed by atoms with Gasteiger partial charge in [-0.3, -0.25) is 0 Å². The molecule has 0 radical (unpaired) electrons. The van der Waals surface area contributed by atoms with Crippen LogP contribution in [0.4, 0.5) is 11.6 Å². The highest BCUT2D eigenvalue weighted by atomic mass is 35.5. The number of carbonyl (C=O) groups is 2. The van der Waals surface area contributed by atoms with Crippen molar-refractivity contribution in [2.45, 2.75) is 53.6 Å². The molecule has 4 N–H and O–H groups in total. The average molecular weight is 811 g/mol. The van der Waals surface area contributed by atoms with Crippen LogP contribution in [0.15, 0.2) is 84.1 Å². The minimum absolute atomic E-state index is 0. The molecular weight excluding hydrogens is 768 g/mol. The monoisotopic (exact) mass is 809 g/mol. The zero-order valence-corrected chi connectivity index (χ0v) is 33.6. The first-order valence-electron chi connectivity index (χ1n) is 16.6. The number of benzene rings is 2. The number of hydrogen-bond acceptors (Lipinski definition) is 12. The second-order valence-electron chi connectivity index (χ2n) is 11.9. The molecule has 0 unspecified atom stereocenters. The number of nitrogen functional groups attached to an aromatic ring is 2. The molecule has 12 nitrogen and oxygen atoms in total. The molecule has 2 aromatic carbocycles. The van der Waals surface area contributed by atoms with E-state index in [2.05, 4.69) is 42.9 Å². The van der Waals surface area contributed by atoms with Gasteiger partial charge in [-0.1, -0.05) is 59.1 Å². The van der Waals surface area contributed by atoms with E-state index in [0.717, 1.165) is 22.5 Å². The summed E-state index contributed by atoms with van der Waals surface area (Å²) in [6, 6.07) is 18.0. The van der Waals surface area contributed by atoms with Crippen molar-refractivity contribution >= 4 is 58.7 Å². The van der Waals surface area contributed by atoms with E-state index >= 15 is 0 Å². The highest BCUT2D eigenvalue weighted by molar-refractivity contribution is 7.09. The van der Waals surface area contributed by atoms with Crippen LogP contribution in [0.1, 0.15) is 64.6 Å². The second-order valence-corrected chi connectivity index (χ2v) is 13.8. The van der Waals surface area contributed by atoms with Crippen LogP contribution < -0.4 is 33.0 Å². The molecule has 0 amide bonds. The maximum Gasteiger partial charge on any atom is 0.338 e. The van der Waals surface area contributed by atoms with E-state index in [1.807, 2.05) is 61.3 Å². The third-order valence-corrected chi connectivity index (χ3v) is 10.5. The van der Waals surface area contributed by atoms with Crippen molar-refractivity contribution in [1.29, 1.82) is 0 Å². The molecule has 0 saturated carbocycles. The number of thiazole rings is 2. The fourth-order valence-corrected chi connectivity index (χ4v) is 7.07. The summed E-state index contributed by atoms with van der Waals surface area (Å²) in [7, 11) is 0. The van der Waals surface area contributed by atoms with Crippen LogP contribution in [-0.4, -0.2) is 45.1 Å². The molecule has 6 rings (SSSR count). The van der Waals surface area contributed by atoms with Gasteiger partial charge in [0.05, 0.1) is 45.2 Å². The van der Waals surface area contributed by atoms with E-state index in [1.165, 1.54) is 9.75 Å². The Labute approximate surface area is 335 Å². The topological polar surface area (TPSA) is 164 Å². The van der Waals surface area contributed by atoms with Gasteiger partial charge in [0.25, 0.3) is 0 Å². The Bertz CT molecular complexity index is 1980. The summed E-state index contributed by atoms with van der Waals surface area (Å²) in [5.74, 6) is 1.76. The van der Waals surface area contributed by atoms with Crippen molar-refractivity contribution in [3.05, 3.63) is 139 Å². The van der Waals surface area contributed by atoms with E-state index in [4.69, 9.17) is 20.9 Å². The zero-order valence-electron chi connectivity index (χ0n) is 30.4. The molecule has 16 heteroatoms. The van der Waals surface area contributed by atoms with Crippen molar-refractivity contribution in [2.24, 2.45) is 0 Å². The van der Waals surface area contributed by atoms with E-state index < -0.39 is 0 Å². The second kappa shape index (κ2) is 21.0. The van der Waals surface area contributed by atoms with Gasteiger partial charge < -0.3 is 33.3 Å². The standard InChI is InChI=1S/2C19H21N4O2S.2ClH/c2*1-13-17(8-9-25-19(24)15-6-4-3-5-7-15)26-12-23(13)11-16-10-21-14(2)22-18(16)20;;/h2*3-7,10,12H,8-9,11H2,1-2H3,(H2,20,21,22);2*1H/q2*+1;;/p-1. The summed E-state index contributed by atoms with van der Waals surface area (Å²) in [6.45, 7) is 9.69. The number of hydrogen-bond donors (Lipinski definition) is 2. The van der Waals surface area contributed by atoms with Crippen LogP contribution in [0.3, 0.4) is 0 Å². The number of anilines is 2. The number of rotatable bonds is 12. The van der Waals surface area contributed by atoms with Crippen LogP contribution in [0.2, 0.25) is 0 Å². The molecule has 0 bridgehead atoms. The minimum atomic E-state index is -0.294. The lowest BCUT2D eigenvalue weighted by Gasteiger charge is -2.04. The highest BCUT2D eigenvalue weighted by Gasteiger charge is 2.20. The van der Waals surface area contributed by atoms with Gasteiger partial charge in [-0.2, -0.15) is 9.13 Å². The van der Waals surface area contributed by atoms with Crippen LogP contribution in [0.25, 0.3) is 0 Å². The van der Waals surface area contributed by atoms with Gasteiger partial charge in [-0.25, -0.2) is 29.5 Å². The third-order valence-electron chi connectivity index (χ3n) is 8.18. The smallest absolute Gasteiger partial charge is 0.338 e. The van der Waals surface area contributed by atoms with Crippen molar-refractivity contribution < 1.29 is 40.6 Å². The molecule has 6 aromatic rings. The van der Waals surface area contributed by atoms with Gasteiger partial charge in [-0.15, -0.1) is 12.4 Å². The lowest BCUT2D eigenvalue weighted by Crippen LogP contribution is -3.00. The predicted molar refractivity (Wildman–Crippen MR) is 207 cm³/mol. The van der Waals surface area contributed by atoms with Gasteiger partial charge in [-0.05, 0) is 38.1 Å². The summed E-state index contributed by atoms with van der Waals surface area (Å²) in [6.07, 6.45) is 4.90. The van der Waals surface area contributed by atoms with Gasteiger partial charge in [0.1, 0.15) is 23.3 Å². The van der Waals surface area contributed by atoms with Crippen molar-refractivity contribution in [3.63, 3.8) is 0 Å². The normalized spacial score (nSPS) is 10.3. The van der Waals surface area contributed by atoms with Crippen LogP contribution in [0.5, 0.6) is 0 Å². The van der Waals surface area contributed by atoms with E-state index in [9.17, 15) is 9.59 Å². The fraction of sp³-hybridized carbons (Fsp3) is 0.263. The van der Waals surface area contributed by atoms with Gasteiger partial charge in [0, 0.05) is 39.1 Å². The maximum absolute atomic E-state index is 12.0. The number of carbonyl (C=O) groups excluding carboxylic acids is 2.